The summed E-state index contributed by atoms with van der Waals surface area (Å²) in [5, 5.41) is 23.4. The Hall–Kier alpha value is -1.87. The molecule has 1 atom stereocenters. The number of hydrogen-bond acceptors (Lipinski definition) is 6. The van der Waals surface area contributed by atoms with Crippen molar-refractivity contribution < 1.29 is 10.4 Å². The van der Waals surface area contributed by atoms with Gasteiger partial charge in [0.1, 0.15) is 5.52 Å². The topological polar surface area (TPSA) is 133 Å². The summed E-state index contributed by atoms with van der Waals surface area (Å²) in [5.41, 5.74) is 7.19. The third-order valence-corrected chi connectivity index (χ3v) is 4.62. The van der Waals surface area contributed by atoms with Crippen molar-refractivity contribution in [3.63, 3.8) is 0 Å². The number of aromatic nitrogens is 3. The van der Waals surface area contributed by atoms with E-state index < -0.39 is 0 Å². The molecule has 0 amide bonds. The fourth-order valence-corrected chi connectivity index (χ4v) is 2.99. The van der Waals surface area contributed by atoms with Gasteiger partial charge in [-0.1, -0.05) is 10.3 Å². The fourth-order valence-electron chi connectivity index (χ4n) is 2.18. The number of nitrogens with zero attached hydrogens (tertiary/aromatic N) is 4. The van der Waals surface area contributed by atoms with Gasteiger partial charge in [0.2, 0.25) is 0 Å². The number of hydrogen-bond donors (Lipinski definition) is 4. The normalized spacial score (nSPS) is 17.9. The molecule has 0 aliphatic heterocycles. The van der Waals surface area contributed by atoms with E-state index in [0.29, 0.717) is 27.1 Å². The Kier molecular flexibility index (Phi) is 3.92. The summed E-state index contributed by atoms with van der Waals surface area (Å²) in [6.45, 7) is 0. The van der Waals surface area contributed by atoms with Gasteiger partial charge in [-0.05, 0) is 34.7 Å². The number of pyridine rings is 1. The first-order valence-electron chi connectivity index (χ1n) is 6.45. The summed E-state index contributed by atoms with van der Waals surface area (Å²) in [4.78, 5) is 11.7. The van der Waals surface area contributed by atoms with Crippen molar-refractivity contribution in [3.8, 4) is 0 Å². The standard InChI is InChI=1S/C12H12BrClN6O2/c13-5-3-16-8(6(14)4-1-2-4)9-7(5)17-12(18-9)10(19-21)11(15)20-22/h3-4,6,21-22H,1-2H2,(H2,15,20)(H,17,18). The number of nitrogens with one attached hydrogen (secondary N) is 1. The predicted octanol–water partition coefficient (Wildman–Crippen LogP) is 2.33. The first-order valence-corrected chi connectivity index (χ1v) is 7.68. The number of imidazole rings is 1. The highest BCUT2D eigenvalue weighted by atomic mass is 79.9. The fraction of sp³-hybridized carbons (Fsp3) is 0.333. The van der Waals surface area contributed by atoms with Crippen molar-refractivity contribution in [1.29, 1.82) is 0 Å². The van der Waals surface area contributed by atoms with Crippen molar-refractivity contribution in [3.05, 3.63) is 22.2 Å². The van der Waals surface area contributed by atoms with E-state index in [9.17, 15) is 0 Å². The monoisotopic (exact) mass is 386 g/mol. The van der Waals surface area contributed by atoms with Crippen molar-refractivity contribution in [2.75, 3.05) is 0 Å². The molecule has 1 aliphatic rings. The number of halogens is 2. The second kappa shape index (κ2) is 5.73. The summed E-state index contributed by atoms with van der Waals surface area (Å²) >= 11 is 9.82. The van der Waals surface area contributed by atoms with E-state index in [1.165, 1.54) is 0 Å². The van der Waals surface area contributed by atoms with Crippen molar-refractivity contribution in [2.24, 2.45) is 22.0 Å². The molecule has 116 valence electrons. The third-order valence-electron chi connectivity index (χ3n) is 3.47. The van der Waals surface area contributed by atoms with Crippen LogP contribution in [0.1, 0.15) is 29.7 Å². The Bertz CT molecular complexity index is 785. The first kappa shape index (κ1) is 15.0. The summed E-state index contributed by atoms with van der Waals surface area (Å²) in [6.07, 6.45) is 3.77. The van der Waals surface area contributed by atoms with Crippen LogP contribution in [0.2, 0.25) is 0 Å². The van der Waals surface area contributed by atoms with Crippen LogP contribution in [0.4, 0.5) is 0 Å². The maximum Gasteiger partial charge on any atom is 0.196 e. The molecule has 1 aliphatic carbocycles. The molecule has 2 aromatic heterocycles. The van der Waals surface area contributed by atoms with Crippen molar-refractivity contribution in [1.82, 2.24) is 15.0 Å². The Balaban J connectivity index is 2.16. The summed E-state index contributed by atoms with van der Waals surface area (Å²) < 4.78 is 0.658. The molecule has 0 saturated heterocycles. The smallest absolute Gasteiger partial charge is 0.196 e. The largest absolute Gasteiger partial charge is 0.410 e. The number of nitrogens with two attached hydrogens (primary N) is 1. The molecule has 1 saturated carbocycles. The van der Waals surface area contributed by atoms with Crippen LogP contribution < -0.4 is 5.73 Å². The maximum atomic E-state index is 9.05. The van der Waals surface area contributed by atoms with Crippen LogP contribution in [0.15, 0.2) is 21.0 Å². The molecule has 22 heavy (non-hydrogen) atoms. The number of fused-ring (bicyclic) bond motifs is 1. The van der Waals surface area contributed by atoms with Crippen LogP contribution in [0, 0.1) is 5.92 Å². The number of rotatable bonds is 4. The van der Waals surface area contributed by atoms with Gasteiger partial charge in [0.05, 0.1) is 21.1 Å². The zero-order chi connectivity index (χ0) is 15.9. The van der Waals surface area contributed by atoms with E-state index in [1.807, 2.05) is 0 Å². The number of H-pyrrole nitrogens is 1. The quantitative estimate of drug-likeness (QED) is 0.210. The zero-order valence-electron chi connectivity index (χ0n) is 11.2. The van der Waals surface area contributed by atoms with Crippen LogP contribution in [0.25, 0.3) is 11.0 Å². The van der Waals surface area contributed by atoms with Crippen LogP contribution in [-0.2, 0) is 0 Å². The number of aromatic amines is 1. The first-order chi connectivity index (χ1) is 10.6. The van der Waals surface area contributed by atoms with Crippen molar-refractivity contribution in [2.45, 2.75) is 18.2 Å². The number of amidine groups is 1. The average Bonchev–Trinajstić information content (AvgIpc) is 3.27. The highest BCUT2D eigenvalue weighted by Gasteiger charge is 2.33. The molecule has 1 fully saturated rings. The van der Waals surface area contributed by atoms with Gasteiger partial charge >= 0.3 is 0 Å². The molecule has 8 nitrogen and oxygen atoms in total. The van der Waals surface area contributed by atoms with Crippen molar-refractivity contribution >= 4 is 50.1 Å². The lowest BCUT2D eigenvalue weighted by Crippen LogP contribution is -2.25. The molecule has 0 radical (unpaired) electrons. The lowest BCUT2D eigenvalue weighted by Gasteiger charge is -2.08. The summed E-state index contributed by atoms with van der Waals surface area (Å²) in [5.74, 6) is 0.194. The molecule has 0 spiro atoms. The van der Waals surface area contributed by atoms with Gasteiger partial charge in [-0.3, -0.25) is 4.98 Å². The Labute approximate surface area is 138 Å². The van der Waals surface area contributed by atoms with Gasteiger partial charge in [-0.2, -0.15) is 0 Å². The highest BCUT2D eigenvalue weighted by Crippen LogP contribution is 2.46. The van der Waals surface area contributed by atoms with Gasteiger partial charge in [-0.15, -0.1) is 11.6 Å². The van der Waals surface area contributed by atoms with Crippen LogP contribution in [0.5, 0.6) is 0 Å². The Morgan fingerprint density at radius 1 is 1.45 bits per heavy atom. The van der Waals surface area contributed by atoms with Gasteiger partial charge in [0, 0.05) is 6.20 Å². The molecule has 2 aromatic rings. The second-order valence-electron chi connectivity index (χ2n) is 4.97. The van der Waals surface area contributed by atoms with Gasteiger partial charge in [0.15, 0.2) is 17.4 Å². The van der Waals surface area contributed by atoms with E-state index in [4.69, 9.17) is 27.7 Å². The molecule has 5 N–H and O–H groups in total. The Morgan fingerprint density at radius 3 is 2.77 bits per heavy atom. The summed E-state index contributed by atoms with van der Waals surface area (Å²) in [7, 11) is 0. The minimum Gasteiger partial charge on any atom is -0.410 e. The van der Waals surface area contributed by atoms with Crippen LogP contribution in [0.3, 0.4) is 0 Å². The molecule has 1 unspecified atom stereocenters. The van der Waals surface area contributed by atoms with E-state index >= 15 is 0 Å². The lowest BCUT2D eigenvalue weighted by atomic mass is 10.1. The SMILES string of the molecule is NC(=NO)C(=NO)c1nc2c(Br)cnc(C(Cl)C3CC3)c2[nH]1. The van der Waals surface area contributed by atoms with Crippen LogP contribution >= 0.6 is 27.5 Å². The zero-order valence-corrected chi connectivity index (χ0v) is 13.5. The molecule has 0 bridgehead atoms. The second-order valence-corrected chi connectivity index (χ2v) is 6.30. The number of oxime groups is 2. The van der Waals surface area contributed by atoms with E-state index in [-0.39, 0.29) is 22.7 Å². The lowest BCUT2D eigenvalue weighted by molar-refractivity contribution is 0.313. The van der Waals surface area contributed by atoms with E-state index in [0.717, 1.165) is 12.8 Å². The molecule has 2 heterocycles. The number of alkyl halides is 1. The van der Waals surface area contributed by atoms with Gasteiger partial charge in [0.25, 0.3) is 0 Å². The minimum atomic E-state index is -0.364. The van der Waals surface area contributed by atoms with E-state index in [2.05, 4.69) is 41.2 Å². The van der Waals surface area contributed by atoms with E-state index in [1.54, 1.807) is 6.20 Å². The van der Waals surface area contributed by atoms with Crippen LogP contribution in [-0.4, -0.2) is 36.9 Å². The maximum absolute atomic E-state index is 9.05. The molecule has 3 rings (SSSR count). The highest BCUT2D eigenvalue weighted by molar-refractivity contribution is 9.10. The Morgan fingerprint density at radius 2 is 2.18 bits per heavy atom. The minimum absolute atomic E-state index is 0.155. The summed E-state index contributed by atoms with van der Waals surface area (Å²) in [6, 6.07) is 0. The van der Waals surface area contributed by atoms with Gasteiger partial charge in [-0.25, -0.2) is 4.98 Å². The molecule has 10 heteroatoms. The average molecular weight is 388 g/mol. The predicted molar refractivity (Wildman–Crippen MR) is 84.6 cm³/mol. The van der Waals surface area contributed by atoms with Gasteiger partial charge < -0.3 is 21.1 Å². The molecular formula is C12H12BrClN6O2. The molecular weight excluding hydrogens is 376 g/mol. The third kappa shape index (κ3) is 2.50. The molecule has 0 aromatic carbocycles.